The number of hydrogen-bond acceptors (Lipinski definition) is 3. The summed E-state index contributed by atoms with van der Waals surface area (Å²) < 4.78 is 1.78. The van der Waals surface area contributed by atoms with Crippen LogP contribution < -0.4 is 16.2 Å². The summed E-state index contributed by atoms with van der Waals surface area (Å²) >= 11 is 12.0. The van der Waals surface area contributed by atoms with E-state index in [1.54, 1.807) is 41.8 Å². The molecular formula is C22H21Cl2N3O2. The minimum atomic E-state index is -0.426. The highest BCUT2D eigenvalue weighted by Crippen LogP contribution is 2.28. The van der Waals surface area contributed by atoms with Gasteiger partial charge >= 0.3 is 0 Å². The minimum Gasteiger partial charge on any atom is -0.325 e. The quantitative estimate of drug-likeness (QED) is 0.637. The van der Waals surface area contributed by atoms with Crippen molar-refractivity contribution in [2.75, 3.05) is 18.4 Å². The minimum absolute atomic E-state index is 0.0372. The predicted molar refractivity (Wildman–Crippen MR) is 118 cm³/mol. The van der Waals surface area contributed by atoms with E-state index in [1.165, 1.54) is 0 Å². The number of carbonyl (C=O) groups is 1. The third-order valence-electron chi connectivity index (χ3n) is 5.50. The molecule has 1 aliphatic rings. The third-order valence-corrected chi connectivity index (χ3v) is 6.23. The molecule has 2 heterocycles. The molecule has 0 spiro atoms. The van der Waals surface area contributed by atoms with Gasteiger partial charge in [-0.05, 0) is 55.8 Å². The van der Waals surface area contributed by atoms with Crippen LogP contribution in [0.15, 0.2) is 53.5 Å². The topological polar surface area (TPSA) is 63.1 Å². The van der Waals surface area contributed by atoms with Crippen molar-refractivity contribution in [1.29, 1.82) is 0 Å². The standard InChI is InChI=1S/C22H21Cl2N3O2/c1-13(14-5-6-18(23)19(24)11-14)21(28)26-20-4-2-3-17-16(20)8-10-27(22(17)29)15-7-9-25-12-15/h2-6,8,10-11,13,15,25H,7,9,12H2,1H3,(H,26,28). The first-order valence-corrected chi connectivity index (χ1v) is 10.3. The van der Waals surface area contributed by atoms with Crippen LogP contribution in [0.25, 0.3) is 10.8 Å². The Morgan fingerprint density at radius 3 is 2.72 bits per heavy atom. The summed E-state index contributed by atoms with van der Waals surface area (Å²) in [7, 11) is 0. The number of rotatable bonds is 4. The number of carbonyl (C=O) groups excluding carboxylic acids is 1. The molecule has 4 rings (SSSR count). The normalized spacial score (nSPS) is 17.4. The van der Waals surface area contributed by atoms with Crippen molar-refractivity contribution in [2.45, 2.75) is 25.3 Å². The summed E-state index contributed by atoms with van der Waals surface area (Å²) in [6.07, 6.45) is 2.75. The van der Waals surface area contributed by atoms with Crippen LogP contribution in [0.3, 0.4) is 0 Å². The van der Waals surface area contributed by atoms with E-state index in [1.807, 2.05) is 18.3 Å². The molecule has 0 saturated carbocycles. The number of aromatic nitrogens is 1. The van der Waals surface area contributed by atoms with Crippen molar-refractivity contribution in [3.8, 4) is 0 Å². The van der Waals surface area contributed by atoms with Crippen LogP contribution in [0.4, 0.5) is 5.69 Å². The fourth-order valence-electron chi connectivity index (χ4n) is 3.74. The Morgan fingerprint density at radius 2 is 2.00 bits per heavy atom. The van der Waals surface area contributed by atoms with E-state index < -0.39 is 5.92 Å². The molecule has 2 N–H and O–H groups in total. The van der Waals surface area contributed by atoms with Crippen molar-refractivity contribution in [3.05, 3.63) is 74.6 Å². The summed E-state index contributed by atoms with van der Waals surface area (Å²) in [5.74, 6) is -0.606. The van der Waals surface area contributed by atoms with Crippen LogP contribution in [-0.2, 0) is 4.79 Å². The highest BCUT2D eigenvalue weighted by atomic mass is 35.5. The first-order chi connectivity index (χ1) is 14.0. The van der Waals surface area contributed by atoms with Gasteiger partial charge in [0.25, 0.3) is 5.56 Å². The molecule has 1 aliphatic heterocycles. The Balaban J connectivity index is 1.63. The van der Waals surface area contributed by atoms with Crippen LogP contribution in [-0.4, -0.2) is 23.6 Å². The maximum Gasteiger partial charge on any atom is 0.258 e. The van der Waals surface area contributed by atoms with Gasteiger partial charge < -0.3 is 15.2 Å². The average molecular weight is 430 g/mol. The third kappa shape index (κ3) is 3.90. The zero-order valence-electron chi connectivity index (χ0n) is 15.9. The largest absolute Gasteiger partial charge is 0.325 e. The van der Waals surface area contributed by atoms with Crippen molar-refractivity contribution >= 4 is 45.6 Å². The van der Waals surface area contributed by atoms with Crippen LogP contribution in [0.2, 0.25) is 10.0 Å². The number of benzene rings is 2. The lowest BCUT2D eigenvalue weighted by atomic mass is 10.00. The second-order valence-corrected chi connectivity index (χ2v) is 8.14. The van der Waals surface area contributed by atoms with Gasteiger partial charge in [0.1, 0.15) is 0 Å². The van der Waals surface area contributed by atoms with E-state index in [0.29, 0.717) is 21.1 Å². The summed E-state index contributed by atoms with van der Waals surface area (Å²) in [5, 5.41) is 8.43. The molecule has 5 nitrogen and oxygen atoms in total. The number of fused-ring (bicyclic) bond motifs is 1. The van der Waals surface area contributed by atoms with Crippen molar-refractivity contribution in [2.24, 2.45) is 0 Å². The molecule has 0 aliphatic carbocycles. The molecule has 1 saturated heterocycles. The highest BCUT2D eigenvalue weighted by molar-refractivity contribution is 6.42. The maximum absolute atomic E-state index is 13.0. The Labute approximate surface area is 178 Å². The van der Waals surface area contributed by atoms with E-state index in [4.69, 9.17) is 23.2 Å². The van der Waals surface area contributed by atoms with E-state index in [2.05, 4.69) is 10.6 Å². The van der Waals surface area contributed by atoms with Crippen molar-refractivity contribution in [1.82, 2.24) is 9.88 Å². The van der Waals surface area contributed by atoms with Gasteiger partial charge in [0, 0.05) is 29.2 Å². The molecule has 29 heavy (non-hydrogen) atoms. The van der Waals surface area contributed by atoms with Gasteiger partial charge in [0.15, 0.2) is 0 Å². The van der Waals surface area contributed by atoms with Crippen LogP contribution in [0, 0.1) is 0 Å². The first-order valence-electron chi connectivity index (χ1n) is 9.56. The zero-order valence-corrected chi connectivity index (χ0v) is 17.4. The van der Waals surface area contributed by atoms with E-state index >= 15 is 0 Å². The van der Waals surface area contributed by atoms with Gasteiger partial charge in [-0.15, -0.1) is 0 Å². The Morgan fingerprint density at radius 1 is 1.17 bits per heavy atom. The number of pyridine rings is 1. The van der Waals surface area contributed by atoms with Crippen molar-refractivity contribution < 1.29 is 4.79 Å². The maximum atomic E-state index is 13.0. The molecule has 1 fully saturated rings. The predicted octanol–water partition coefficient (Wildman–Crippen LogP) is 4.58. The molecule has 7 heteroatoms. The molecular weight excluding hydrogens is 409 g/mol. The van der Waals surface area contributed by atoms with Gasteiger partial charge in [-0.3, -0.25) is 9.59 Å². The van der Waals surface area contributed by atoms with E-state index in [-0.39, 0.29) is 17.5 Å². The Kier molecular flexibility index (Phi) is 5.63. The highest BCUT2D eigenvalue weighted by Gasteiger charge is 2.20. The zero-order chi connectivity index (χ0) is 20.5. The molecule has 2 atom stereocenters. The molecule has 1 aromatic heterocycles. The Bertz CT molecular complexity index is 1140. The summed E-state index contributed by atoms with van der Waals surface area (Å²) in [5.41, 5.74) is 1.35. The van der Waals surface area contributed by atoms with Crippen LogP contribution >= 0.6 is 23.2 Å². The summed E-state index contributed by atoms with van der Waals surface area (Å²) in [6.45, 7) is 3.51. The van der Waals surface area contributed by atoms with Crippen LogP contribution in [0.1, 0.15) is 30.9 Å². The summed E-state index contributed by atoms with van der Waals surface area (Å²) in [4.78, 5) is 25.8. The SMILES string of the molecule is CC(C(=O)Nc1cccc2c(=O)n(C3CCNC3)ccc12)c1ccc(Cl)c(Cl)c1. The average Bonchev–Trinajstić information content (AvgIpc) is 3.25. The number of halogens is 2. The smallest absolute Gasteiger partial charge is 0.258 e. The first kappa shape index (κ1) is 20.0. The number of amides is 1. The summed E-state index contributed by atoms with van der Waals surface area (Å²) in [6, 6.07) is 12.6. The van der Waals surface area contributed by atoms with Crippen molar-refractivity contribution in [3.63, 3.8) is 0 Å². The molecule has 2 unspecified atom stereocenters. The molecule has 0 radical (unpaired) electrons. The lowest BCUT2D eigenvalue weighted by molar-refractivity contribution is -0.117. The van der Waals surface area contributed by atoms with Gasteiger partial charge in [0.2, 0.25) is 5.91 Å². The van der Waals surface area contributed by atoms with Gasteiger partial charge in [-0.25, -0.2) is 0 Å². The number of nitrogens with one attached hydrogen (secondary N) is 2. The lowest BCUT2D eigenvalue weighted by Gasteiger charge is -2.17. The second kappa shape index (κ2) is 8.19. The number of hydrogen-bond donors (Lipinski definition) is 2. The molecule has 0 bridgehead atoms. The van der Waals surface area contributed by atoms with E-state index in [9.17, 15) is 9.59 Å². The van der Waals surface area contributed by atoms with E-state index in [0.717, 1.165) is 30.5 Å². The molecule has 1 amide bonds. The van der Waals surface area contributed by atoms with Gasteiger partial charge in [-0.1, -0.05) is 35.3 Å². The Hall–Kier alpha value is -2.34. The lowest BCUT2D eigenvalue weighted by Crippen LogP contribution is -2.26. The number of anilines is 1. The van der Waals surface area contributed by atoms with Gasteiger partial charge in [-0.2, -0.15) is 0 Å². The molecule has 3 aromatic rings. The molecule has 2 aromatic carbocycles. The monoisotopic (exact) mass is 429 g/mol. The second-order valence-electron chi connectivity index (χ2n) is 7.33. The van der Waals surface area contributed by atoms with Gasteiger partial charge in [0.05, 0.1) is 22.0 Å². The fourth-order valence-corrected chi connectivity index (χ4v) is 4.05. The molecule has 150 valence electrons. The van der Waals surface area contributed by atoms with Crippen LogP contribution in [0.5, 0.6) is 0 Å². The fraction of sp³-hybridized carbons (Fsp3) is 0.273. The number of nitrogens with zero attached hydrogens (tertiary/aromatic N) is 1.